The van der Waals surface area contributed by atoms with Gasteiger partial charge < -0.3 is 10.1 Å². The lowest BCUT2D eigenvalue weighted by Crippen LogP contribution is -2.43. The molecule has 1 aliphatic rings. The Bertz CT molecular complexity index is 219. The highest BCUT2D eigenvalue weighted by atomic mass is 35.5. The van der Waals surface area contributed by atoms with Crippen molar-refractivity contribution in [2.45, 2.75) is 29.9 Å². The van der Waals surface area contributed by atoms with Crippen LogP contribution < -0.4 is 5.32 Å². The summed E-state index contributed by atoms with van der Waals surface area (Å²) in [7, 11) is 1.60. The predicted octanol–water partition coefficient (Wildman–Crippen LogP) is 1.64. The van der Waals surface area contributed by atoms with E-state index in [0.717, 1.165) is 18.6 Å². The minimum Gasteiger partial charge on any atom is -0.383 e. The standard InChI is InChI=1S/C10H18ClNO2S/c1-10(4-3-5-15-10)9(13)12-6-8(11)7-14-2/h8H,3-7H2,1-2H3,(H,12,13). The molecule has 5 heteroatoms. The first-order valence-corrected chi connectivity index (χ1v) is 6.56. The Morgan fingerprint density at radius 2 is 2.47 bits per heavy atom. The van der Waals surface area contributed by atoms with E-state index in [9.17, 15) is 4.79 Å². The number of carbonyl (C=O) groups excluding carboxylic acids is 1. The third-order valence-corrected chi connectivity index (χ3v) is 4.33. The Kier molecular flexibility index (Phi) is 5.23. The fourth-order valence-electron chi connectivity index (χ4n) is 1.59. The number of alkyl halides is 1. The minimum atomic E-state index is -0.246. The zero-order chi connectivity index (χ0) is 11.3. The minimum absolute atomic E-state index is 0.103. The molecule has 1 N–H and O–H groups in total. The van der Waals surface area contributed by atoms with Gasteiger partial charge in [0.05, 0.1) is 16.7 Å². The van der Waals surface area contributed by atoms with E-state index in [2.05, 4.69) is 5.32 Å². The monoisotopic (exact) mass is 251 g/mol. The van der Waals surface area contributed by atoms with Gasteiger partial charge in [-0.05, 0) is 25.5 Å². The van der Waals surface area contributed by atoms with Crippen LogP contribution in [0.2, 0.25) is 0 Å². The summed E-state index contributed by atoms with van der Waals surface area (Å²) in [5, 5.41) is 2.73. The molecule has 0 radical (unpaired) electrons. The maximum Gasteiger partial charge on any atom is 0.235 e. The first-order chi connectivity index (χ1) is 7.08. The van der Waals surface area contributed by atoms with E-state index in [0.29, 0.717) is 13.2 Å². The molecular weight excluding hydrogens is 234 g/mol. The second-order valence-electron chi connectivity index (χ2n) is 3.95. The fraction of sp³-hybridized carbons (Fsp3) is 0.900. The largest absolute Gasteiger partial charge is 0.383 e. The van der Waals surface area contributed by atoms with Crippen LogP contribution in [0, 0.1) is 0 Å². The topological polar surface area (TPSA) is 38.3 Å². The number of hydrogen-bond acceptors (Lipinski definition) is 3. The van der Waals surface area contributed by atoms with Crippen molar-refractivity contribution in [2.75, 3.05) is 26.0 Å². The summed E-state index contributed by atoms with van der Waals surface area (Å²) >= 11 is 7.66. The zero-order valence-electron chi connectivity index (χ0n) is 9.22. The van der Waals surface area contributed by atoms with E-state index >= 15 is 0 Å². The molecule has 3 nitrogen and oxygen atoms in total. The van der Waals surface area contributed by atoms with Crippen molar-refractivity contribution < 1.29 is 9.53 Å². The summed E-state index contributed by atoms with van der Waals surface area (Å²) in [6.45, 7) is 2.94. The molecule has 15 heavy (non-hydrogen) atoms. The lowest BCUT2D eigenvalue weighted by molar-refractivity contribution is -0.123. The molecule has 2 atom stereocenters. The average molecular weight is 252 g/mol. The molecule has 1 rings (SSSR count). The Labute approximate surface area is 100 Å². The van der Waals surface area contributed by atoms with Crippen molar-refractivity contribution in [2.24, 2.45) is 0 Å². The molecule has 0 aromatic rings. The number of nitrogens with one attached hydrogen (secondary N) is 1. The van der Waals surface area contributed by atoms with Crippen molar-refractivity contribution in [3.8, 4) is 0 Å². The Hall–Kier alpha value is 0.0700. The van der Waals surface area contributed by atoms with Crippen LogP contribution in [0.4, 0.5) is 0 Å². The van der Waals surface area contributed by atoms with Crippen LogP contribution in [-0.2, 0) is 9.53 Å². The van der Waals surface area contributed by atoms with Gasteiger partial charge in [0.15, 0.2) is 0 Å². The van der Waals surface area contributed by atoms with Gasteiger partial charge in [-0.15, -0.1) is 23.4 Å². The van der Waals surface area contributed by atoms with Crippen LogP contribution in [0.25, 0.3) is 0 Å². The predicted molar refractivity (Wildman–Crippen MR) is 64.6 cm³/mol. The third kappa shape index (κ3) is 3.85. The molecule has 2 unspecified atom stereocenters. The van der Waals surface area contributed by atoms with Crippen LogP contribution in [-0.4, -0.2) is 42.0 Å². The molecule has 88 valence electrons. The van der Waals surface area contributed by atoms with E-state index in [-0.39, 0.29) is 16.0 Å². The van der Waals surface area contributed by atoms with Crippen LogP contribution >= 0.6 is 23.4 Å². The van der Waals surface area contributed by atoms with Gasteiger partial charge in [0, 0.05) is 13.7 Å². The van der Waals surface area contributed by atoms with Crippen molar-refractivity contribution in [3.63, 3.8) is 0 Å². The van der Waals surface area contributed by atoms with Gasteiger partial charge in [-0.25, -0.2) is 0 Å². The number of hydrogen-bond donors (Lipinski definition) is 1. The van der Waals surface area contributed by atoms with E-state index in [1.807, 2.05) is 6.92 Å². The smallest absolute Gasteiger partial charge is 0.235 e. The number of methoxy groups -OCH3 is 1. The maximum atomic E-state index is 11.8. The highest BCUT2D eigenvalue weighted by Gasteiger charge is 2.36. The van der Waals surface area contributed by atoms with Gasteiger partial charge in [0.1, 0.15) is 0 Å². The van der Waals surface area contributed by atoms with Crippen molar-refractivity contribution in [1.82, 2.24) is 5.32 Å². The van der Waals surface area contributed by atoms with Gasteiger partial charge in [0.25, 0.3) is 0 Å². The van der Waals surface area contributed by atoms with Crippen molar-refractivity contribution in [1.29, 1.82) is 0 Å². The fourth-order valence-corrected chi connectivity index (χ4v) is 3.02. The molecule has 0 aromatic heterocycles. The Morgan fingerprint density at radius 1 is 1.73 bits per heavy atom. The molecule has 1 amide bonds. The number of amides is 1. The third-order valence-electron chi connectivity index (χ3n) is 2.53. The molecule has 1 aliphatic heterocycles. The molecular formula is C10H18ClNO2S. The Balaban J connectivity index is 2.29. The zero-order valence-corrected chi connectivity index (χ0v) is 10.8. The molecule has 0 spiro atoms. The van der Waals surface area contributed by atoms with Gasteiger partial charge in [-0.1, -0.05) is 0 Å². The molecule has 1 heterocycles. The average Bonchev–Trinajstić information content (AvgIpc) is 2.63. The first kappa shape index (κ1) is 13.1. The SMILES string of the molecule is COCC(Cl)CNC(=O)C1(C)CCCS1. The lowest BCUT2D eigenvalue weighted by atomic mass is 10.1. The van der Waals surface area contributed by atoms with E-state index in [1.165, 1.54) is 0 Å². The molecule has 1 fully saturated rings. The molecule has 0 aliphatic carbocycles. The molecule has 0 aromatic carbocycles. The molecule has 0 bridgehead atoms. The first-order valence-electron chi connectivity index (χ1n) is 5.14. The van der Waals surface area contributed by atoms with E-state index < -0.39 is 0 Å². The lowest BCUT2D eigenvalue weighted by Gasteiger charge is -2.22. The quantitative estimate of drug-likeness (QED) is 0.755. The number of thioether (sulfide) groups is 1. The summed E-state index contributed by atoms with van der Waals surface area (Å²) in [5.74, 6) is 1.18. The van der Waals surface area contributed by atoms with Crippen LogP contribution in [0.15, 0.2) is 0 Å². The van der Waals surface area contributed by atoms with Crippen LogP contribution in [0.5, 0.6) is 0 Å². The second kappa shape index (κ2) is 5.97. The maximum absolute atomic E-state index is 11.8. The van der Waals surface area contributed by atoms with Crippen molar-refractivity contribution >= 4 is 29.3 Å². The van der Waals surface area contributed by atoms with Gasteiger partial charge in [-0.3, -0.25) is 4.79 Å². The summed E-state index contributed by atoms with van der Waals surface area (Å²) in [6.07, 6.45) is 2.08. The highest BCUT2D eigenvalue weighted by molar-refractivity contribution is 8.01. The number of ether oxygens (including phenoxy) is 1. The summed E-state index contributed by atoms with van der Waals surface area (Å²) in [6, 6.07) is 0. The van der Waals surface area contributed by atoms with Crippen LogP contribution in [0.3, 0.4) is 0 Å². The summed E-state index contributed by atoms with van der Waals surface area (Å²) in [5.41, 5.74) is 0. The summed E-state index contributed by atoms with van der Waals surface area (Å²) in [4.78, 5) is 11.8. The number of rotatable bonds is 5. The second-order valence-corrected chi connectivity index (χ2v) is 6.16. The molecule has 1 saturated heterocycles. The number of carbonyl (C=O) groups is 1. The van der Waals surface area contributed by atoms with Gasteiger partial charge in [-0.2, -0.15) is 0 Å². The summed E-state index contributed by atoms with van der Waals surface area (Å²) < 4.78 is 4.65. The van der Waals surface area contributed by atoms with Gasteiger partial charge >= 0.3 is 0 Å². The van der Waals surface area contributed by atoms with Crippen molar-refractivity contribution in [3.05, 3.63) is 0 Å². The van der Waals surface area contributed by atoms with E-state index in [4.69, 9.17) is 16.3 Å². The normalized spacial score (nSPS) is 27.7. The van der Waals surface area contributed by atoms with Gasteiger partial charge in [0.2, 0.25) is 5.91 Å². The molecule has 0 saturated carbocycles. The van der Waals surface area contributed by atoms with Crippen LogP contribution in [0.1, 0.15) is 19.8 Å². The highest BCUT2D eigenvalue weighted by Crippen LogP contribution is 2.37. The van der Waals surface area contributed by atoms with E-state index in [1.54, 1.807) is 18.9 Å². The number of halogens is 1. The Morgan fingerprint density at radius 3 is 3.00 bits per heavy atom.